The lowest BCUT2D eigenvalue weighted by Crippen LogP contribution is -2.04. The van der Waals surface area contributed by atoms with Crippen LogP contribution in [0.4, 0.5) is 0 Å². The highest BCUT2D eigenvalue weighted by atomic mass is 35.5. The number of halogens is 1. The van der Waals surface area contributed by atoms with Crippen molar-refractivity contribution in [3.8, 4) is 5.75 Å². The van der Waals surface area contributed by atoms with Crippen LogP contribution in [0.15, 0.2) is 59.2 Å². The van der Waals surface area contributed by atoms with E-state index in [0.29, 0.717) is 15.6 Å². The summed E-state index contributed by atoms with van der Waals surface area (Å²) in [7, 11) is 1.58. The van der Waals surface area contributed by atoms with E-state index in [1.807, 2.05) is 48.5 Å². The van der Waals surface area contributed by atoms with Crippen LogP contribution < -0.4 is 4.74 Å². The lowest BCUT2D eigenvalue weighted by molar-refractivity contribution is -0.129. The molecule has 0 bridgehead atoms. The monoisotopic (exact) mass is 369 g/mol. The Morgan fingerprint density at radius 2 is 1.92 bits per heavy atom. The molecule has 0 saturated heterocycles. The van der Waals surface area contributed by atoms with Gasteiger partial charge in [-0.1, -0.05) is 48.0 Å². The zero-order valence-electron chi connectivity index (χ0n) is 13.2. The molecule has 0 aliphatic carbocycles. The average molecular weight is 370 g/mol. The van der Waals surface area contributed by atoms with Gasteiger partial charge in [-0.3, -0.25) is 0 Å². The van der Waals surface area contributed by atoms with Gasteiger partial charge in [0.05, 0.1) is 12.1 Å². The molecular weight excluding hydrogens is 358 g/mol. The molecule has 1 aliphatic heterocycles. The average Bonchev–Trinajstić information content (AvgIpc) is 3.16. The third-order valence-corrected chi connectivity index (χ3v) is 5.44. The second-order valence-corrected chi connectivity index (χ2v) is 6.75. The van der Waals surface area contributed by atoms with Gasteiger partial charge in [-0.15, -0.1) is 11.3 Å². The Balaban J connectivity index is 1.77. The maximum absolute atomic E-state index is 12.2. The van der Waals surface area contributed by atoms with Crippen molar-refractivity contribution in [1.29, 1.82) is 0 Å². The van der Waals surface area contributed by atoms with E-state index in [9.17, 15) is 4.79 Å². The number of nitrogens with zero attached hydrogens (tertiary/aromatic N) is 1. The Morgan fingerprint density at radius 3 is 2.72 bits per heavy atom. The number of benzene rings is 2. The predicted molar refractivity (Wildman–Crippen MR) is 100 cm³/mol. The topological polar surface area (TPSA) is 47.9 Å². The second-order valence-electron chi connectivity index (χ2n) is 5.32. The van der Waals surface area contributed by atoms with E-state index in [2.05, 4.69) is 4.99 Å². The van der Waals surface area contributed by atoms with Gasteiger partial charge in [0, 0.05) is 15.6 Å². The number of aliphatic imine (C=N–C) groups is 1. The number of rotatable bonds is 3. The summed E-state index contributed by atoms with van der Waals surface area (Å²) in [6, 6.07) is 15.1. The summed E-state index contributed by atoms with van der Waals surface area (Å²) in [6.07, 6.45) is 1.65. The molecule has 124 valence electrons. The summed E-state index contributed by atoms with van der Waals surface area (Å²) in [4.78, 5) is 17.2. The largest absolute Gasteiger partial charge is 0.496 e. The smallest absolute Gasteiger partial charge is 0.363 e. The van der Waals surface area contributed by atoms with Crippen molar-refractivity contribution in [1.82, 2.24) is 0 Å². The van der Waals surface area contributed by atoms with Crippen molar-refractivity contribution in [2.45, 2.75) is 0 Å². The first kappa shape index (κ1) is 15.9. The van der Waals surface area contributed by atoms with Crippen molar-refractivity contribution >= 4 is 51.0 Å². The van der Waals surface area contributed by atoms with Crippen LogP contribution >= 0.6 is 22.9 Å². The number of esters is 1. The van der Waals surface area contributed by atoms with Gasteiger partial charge in [-0.2, -0.15) is 0 Å². The normalized spacial score (nSPS) is 15.5. The molecule has 2 aromatic carbocycles. The molecule has 0 radical (unpaired) electrons. The predicted octanol–water partition coefficient (Wildman–Crippen LogP) is 4.91. The second kappa shape index (κ2) is 6.35. The lowest BCUT2D eigenvalue weighted by Gasteiger charge is -2.03. The molecule has 0 N–H and O–H groups in total. The molecule has 4 nitrogen and oxygen atoms in total. The SMILES string of the molecule is COc1ccccc1/C=C1\N=C(c2sc3ccccc3c2Cl)OC1=O. The number of ether oxygens (including phenoxy) is 2. The van der Waals surface area contributed by atoms with E-state index >= 15 is 0 Å². The Morgan fingerprint density at radius 1 is 1.16 bits per heavy atom. The minimum absolute atomic E-state index is 0.216. The maximum Gasteiger partial charge on any atom is 0.363 e. The van der Waals surface area contributed by atoms with E-state index in [4.69, 9.17) is 21.1 Å². The first-order chi connectivity index (χ1) is 12.2. The molecule has 0 saturated carbocycles. The number of hydrogen-bond acceptors (Lipinski definition) is 5. The van der Waals surface area contributed by atoms with Crippen molar-refractivity contribution < 1.29 is 14.3 Å². The first-order valence-electron chi connectivity index (χ1n) is 7.50. The summed E-state index contributed by atoms with van der Waals surface area (Å²) in [5, 5.41) is 1.47. The Hall–Kier alpha value is -2.63. The molecule has 0 spiro atoms. The van der Waals surface area contributed by atoms with Crippen LogP contribution in [0.2, 0.25) is 5.02 Å². The third kappa shape index (κ3) is 2.81. The minimum atomic E-state index is -0.505. The summed E-state index contributed by atoms with van der Waals surface area (Å²) in [6.45, 7) is 0. The fourth-order valence-electron chi connectivity index (χ4n) is 2.59. The summed E-state index contributed by atoms with van der Waals surface area (Å²) in [5.41, 5.74) is 0.970. The zero-order chi connectivity index (χ0) is 17.4. The molecule has 0 fully saturated rings. The Kier molecular flexibility index (Phi) is 4.03. The summed E-state index contributed by atoms with van der Waals surface area (Å²) < 4.78 is 11.7. The van der Waals surface area contributed by atoms with E-state index in [1.165, 1.54) is 11.3 Å². The standard InChI is InChI=1S/C19H12ClNO3S/c1-23-14-8-4-2-6-11(14)10-13-19(22)24-18(21-13)17-16(20)12-7-3-5-9-15(12)25-17/h2-10H,1H3/b13-10-. The molecule has 0 atom stereocenters. The van der Waals surface area contributed by atoms with Gasteiger partial charge >= 0.3 is 5.97 Å². The number of carbonyl (C=O) groups is 1. The molecule has 2 heterocycles. The van der Waals surface area contributed by atoms with E-state index < -0.39 is 5.97 Å². The van der Waals surface area contributed by atoms with Crippen LogP contribution in [-0.2, 0) is 9.53 Å². The maximum atomic E-state index is 12.2. The van der Waals surface area contributed by atoms with Gasteiger partial charge in [-0.05, 0) is 18.2 Å². The van der Waals surface area contributed by atoms with Crippen LogP contribution in [0.3, 0.4) is 0 Å². The highest BCUT2D eigenvalue weighted by molar-refractivity contribution is 7.21. The van der Waals surface area contributed by atoms with Gasteiger partial charge < -0.3 is 9.47 Å². The fourth-order valence-corrected chi connectivity index (χ4v) is 4.03. The van der Waals surface area contributed by atoms with Crippen molar-refractivity contribution in [3.63, 3.8) is 0 Å². The molecule has 6 heteroatoms. The van der Waals surface area contributed by atoms with E-state index in [-0.39, 0.29) is 11.6 Å². The fraction of sp³-hybridized carbons (Fsp3) is 0.0526. The number of methoxy groups -OCH3 is 1. The number of carbonyl (C=O) groups excluding carboxylic acids is 1. The van der Waals surface area contributed by atoms with Gasteiger partial charge in [0.2, 0.25) is 5.90 Å². The number of hydrogen-bond donors (Lipinski definition) is 0. The van der Waals surface area contributed by atoms with Gasteiger partial charge in [0.15, 0.2) is 5.70 Å². The quantitative estimate of drug-likeness (QED) is 0.487. The summed E-state index contributed by atoms with van der Waals surface area (Å²) in [5.74, 6) is 0.387. The molecule has 4 rings (SSSR count). The van der Waals surface area contributed by atoms with Gasteiger partial charge in [-0.25, -0.2) is 9.79 Å². The van der Waals surface area contributed by atoms with Crippen LogP contribution in [0, 0.1) is 0 Å². The highest BCUT2D eigenvalue weighted by Crippen LogP contribution is 2.37. The van der Waals surface area contributed by atoms with Crippen LogP contribution in [0.5, 0.6) is 5.75 Å². The molecule has 0 amide bonds. The van der Waals surface area contributed by atoms with E-state index in [0.717, 1.165) is 15.6 Å². The first-order valence-corrected chi connectivity index (χ1v) is 8.70. The summed E-state index contributed by atoms with van der Waals surface area (Å²) >= 11 is 7.89. The molecular formula is C19H12ClNO3S. The van der Waals surface area contributed by atoms with Crippen LogP contribution in [0.25, 0.3) is 16.2 Å². The Bertz CT molecular complexity index is 1050. The number of thiophene rings is 1. The molecule has 0 unspecified atom stereocenters. The van der Waals surface area contributed by atoms with Crippen LogP contribution in [-0.4, -0.2) is 19.0 Å². The van der Waals surface area contributed by atoms with Gasteiger partial charge in [0.1, 0.15) is 10.6 Å². The Labute approximate surface area is 153 Å². The van der Waals surface area contributed by atoms with Crippen molar-refractivity contribution in [2.24, 2.45) is 4.99 Å². The molecule has 1 aliphatic rings. The van der Waals surface area contributed by atoms with Gasteiger partial charge in [0.25, 0.3) is 0 Å². The molecule has 3 aromatic rings. The third-order valence-electron chi connectivity index (χ3n) is 3.78. The van der Waals surface area contributed by atoms with Crippen LogP contribution in [0.1, 0.15) is 10.4 Å². The van der Waals surface area contributed by atoms with Crippen molar-refractivity contribution in [3.05, 3.63) is 69.7 Å². The van der Waals surface area contributed by atoms with Crippen molar-refractivity contribution in [2.75, 3.05) is 7.11 Å². The minimum Gasteiger partial charge on any atom is -0.496 e. The number of cyclic esters (lactones) is 1. The number of fused-ring (bicyclic) bond motifs is 1. The highest BCUT2D eigenvalue weighted by Gasteiger charge is 2.28. The zero-order valence-corrected chi connectivity index (χ0v) is 14.7. The molecule has 1 aromatic heterocycles. The number of para-hydroxylation sites is 1. The molecule has 25 heavy (non-hydrogen) atoms. The lowest BCUT2D eigenvalue weighted by atomic mass is 10.1. The van der Waals surface area contributed by atoms with E-state index in [1.54, 1.807) is 13.2 Å².